The molecule has 3 rings (SSSR count). The first-order valence-electron chi connectivity index (χ1n) is 7.08. The quantitative estimate of drug-likeness (QED) is 0.377. The zero-order chi connectivity index (χ0) is 19.1. The SMILES string of the molecule is CS(=O)(=O)OCc1nn(-c2ccc(Cl)cc2Cl)c(C2=CC=C(Br)[SeH2]2)c1Br. The molecular formula is C15H12Br2Cl2N2O3SSe. The van der Waals surface area contributed by atoms with E-state index < -0.39 is 25.1 Å². The average Bonchev–Trinajstić information content (AvgIpc) is 3.08. The first kappa shape index (κ1) is 20.6. The summed E-state index contributed by atoms with van der Waals surface area (Å²) in [5.74, 6) is 0. The second kappa shape index (κ2) is 8.09. The van der Waals surface area contributed by atoms with E-state index in [-0.39, 0.29) is 6.61 Å². The van der Waals surface area contributed by atoms with Gasteiger partial charge >= 0.3 is 185 Å². The Morgan fingerprint density at radius 2 is 2.00 bits per heavy atom. The van der Waals surface area contributed by atoms with Crippen LogP contribution in [0.1, 0.15) is 11.4 Å². The Labute approximate surface area is 183 Å². The van der Waals surface area contributed by atoms with E-state index in [2.05, 4.69) is 37.0 Å². The first-order valence-corrected chi connectivity index (χ1v) is 13.3. The molecule has 1 aromatic heterocycles. The van der Waals surface area contributed by atoms with Gasteiger partial charge in [-0.2, -0.15) is 0 Å². The van der Waals surface area contributed by atoms with Gasteiger partial charge < -0.3 is 0 Å². The second-order valence-corrected chi connectivity index (χ2v) is 13.8. The summed E-state index contributed by atoms with van der Waals surface area (Å²) in [5, 5.41) is 5.50. The number of halogens is 4. The molecule has 0 N–H and O–H groups in total. The Morgan fingerprint density at radius 1 is 1.27 bits per heavy atom. The standard InChI is InChI=1S/C15H12Br2Cl2N2O3SSe/c1-25(22,23)24-7-10-14(17)15(12-4-5-13(16)26-12)21(20-10)11-3-2-8(18)6-9(11)19/h2-6H,7,26H2,1H3. The molecule has 0 bridgehead atoms. The molecule has 1 aliphatic rings. The Morgan fingerprint density at radius 3 is 2.58 bits per heavy atom. The first-order chi connectivity index (χ1) is 12.2. The molecule has 2 heterocycles. The Balaban J connectivity index is 2.12. The molecule has 1 aliphatic heterocycles. The molecule has 0 radical (unpaired) electrons. The molecule has 0 saturated heterocycles. The maximum absolute atomic E-state index is 11.3. The van der Waals surface area contributed by atoms with Crippen molar-refractivity contribution in [2.24, 2.45) is 0 Å². The van der Waals surface area contributed by atoms with E-state index >= 15 is 0 Å². The van der Waals surface area contributed by atoms with E-state index in [0.29, 0.717) is 25.9 Å². The molecule has 140 valence electrons. The number of nitrogens with zero attached hydrogens (tertiary/aromatic N) is 2. The van der Waals surface area contributed by atoms with Crippen molar-refractivity contribution < 1.29 is 12.6 Å². The zero-order valence-electron chi connectivity index (χ0n) is 13.1. The summed E-state index contributed by atoms with van der Waals surface area (Å²) in [5.41, 5.74) is 1.94. The number of allylic oxidation sites excluding steroid dienone is 2. The summed E-state index contributed by atoms with van der Waals surface area (Å²) in [7, 11) is -3.59. The van der Waals surface area contributed by atoms with Crippen molar-refractivity contribution in [2.75, 3.05) is 6.26 Å². The van der Waals surface area contributed by atoms with Crippen molar-refractivity contribution in [3.05, 3.63) is 59.6 Å². The molecule has 0 atom stereocenters. The molecule has 0 fully saturated rings. The van der Waals surface area contributed by atoms with Crippen molar-refractivity contribution in [3.8, 4) is 5.69 Å². The summed E-state index contributed by atoms with van der Waals surface area (Å²) >= 11 is 18.9. The van der Waals surface area contributed by atoms with E-state index in [1.54, 1.807) is 22.9 Å². The van der Waals surface area contributed by atoms with Crippen LogP contribution in [0.5, 0.6) is 0 Å². The van der Waals surface area contributed by atoms with Crippen LogP contribution >= 0.6 is 55.1 Å². The fraction of sp³-hybridized carbons (Fsp3) is 0.133. The van der Waals surface area contributed by atoms with E-state index in [0.717, 1.165) is 19.8 Å². The van der Waals surface area contributed by atoms with Gasteiger partial charge in [-0.15, -0.1) is 0 Å². The van der Waals surface area contributed by atoms with Crippen molar-refractivity contribution in [2.45, 2.75) is 6.61 Å². The molecule has 0 aliphatic carbocycles. The van der Waals surface area contributed by atoms with Crippen LogP contribution in [-0.4, -0.2) is 39.4 Å². The summed E-state index contributed by atoms with van der Waals surface area (Å²) in [6.07, 6.45) is 5.03. The molecule has 2 aromatic rings. The van der Waals surface area contributed by atoms with Gasteiger partial charge in [0.2, 0.25) is 0 Å². The van der Waals surface area contributed by atoms with Gasteiger partial charge in [0.25, 0.3) is 0 Å². The van der Waals surface area contributed by atoms with E-state index in [4.69, 9.17) is 27.4 Å². The number of hydrogen-bond donors (Lipinski definition) is 0. The van der Waals surface area contributed by atoms with Crippen LogP contribution in [-0.2, 0) is 20.9 Å². The summed E-state index contributed by atoms with van der Waals surface area (Å²) in [6, 6.07) is 5.13. The Hall–Kier alpha value is -0.121. The third-order valence-electron chi connectivity index (χ3n) is 3.35. The minimum absolute atomic E-state index is 0.174. The summed E-state index contributed by atoms with van der Waals surface area (Å²) < 4.78 is 32.2. The minimum atomic E-state index is -3.59. The number of benzene rings is 1. The molecule has 0 amide bonds. The van der Waals surface area contributed by atoms with Gasteiger partial charge in [-0.05, 0) is 0 Å². The van der Waals surface area contributed by atoms with Crippen molar-refractivity contribution in [1.82, 2.24) is 9.78 Å². The molecule has 5 nitrogen and oxygen atoms in total. The number of rotatable bonds is 5. The van der Waals surface area contributed by atoms with Gasteiger partial charge in [0.1, 0.15) is 0 Å². The normalized spacial score (nSPS) is 16.0. The molecule has 11 heteroatoms. The zero-order valence-corrected chi connectivity index (χ0v) is 20.7. The van der Waals surface area contributed by atoms with Gasteiger partial charge in [0.05, 0.1) is 0 Å². The number of hydrogen-bond acceptors (Lipinski definition) is 4. The van der Waals surface area contributed by atoms with E-state index in [9.17, 15) is 8.42 Å². The van der Waals surface area contributed by atoms with E-state index in [1.807, 2.05) is 12.2 Å². The van der Waals surface area contributed by atoms with Crippen molar-refractivity contribution >= 4 is 84.6 Å². The summed E-state index contributed by atoms with van der Waals surface area (Å²) in [6.45, 7) is -0.174. The fourth-order valence-corrected chi connectivity index (χ4v) is 7.25. The number of aromatic nitrogens is 2. The summed E-state index contributed by atoms with van der Waals surface area (Å²) in [4.78, 5) is 0. The third kappa shape index (κ3) is 4.64. The van der Waals surface area contributed by atoms with E-state index in [1.165, 1.54) is 0 Å². The van der Waals surface area contributed by atoms with Crippen LogP contribution in [0.4, 0.5) is 0 Å². The van der Waals surface area contributed by atoms with Crippen LogP contribution in [0.2, 0.25) is 10.0 Å². The van der Waals surface area contributed by atoms with Gasteiger partial charge in [-0.3, -0.25) is 0 Å². The van der Waals surface area contributed by atoms with Crippen LogP contribution in [0.15, 0.2) is 38.2 Å². The van der Waals surface area contributed by atoms with Crippen LogP contribution in [0.25, 0.3) is 10.2 Å². The van der Waals surface area contributed by atoms with Crippen molar-refractivity contribution in [1.29, 1.82) is 0 Å². The molecule has 0 spiro atoms. The third-order valence-corrected chi connectivity index (χ3v) is 8.82. The Kier molecular flexibility index (Phi) is 6.41. The topological polar surface area (TPSA) is 61.2 Å². The molecule has 1 aromatic carbocycles. The predicted octanol–water partition coefficient (Wildman–Crippen LogP) is 4.18. The van der Waals surface area contributed by atoms with Crippen LogP contribution in [0, 0.1) is 0 Å². The molecular weight excluding hydrogens is 598 g/mol. The molecule has 0 saturated carbocycles. The van der Waals surface area contributed by atoms with Gasteiger partial charge in [-0.1, -0.05) is 0 Å². The van der Waals surface area contributed by atoms with Gasteiger partial charge in [-0.25, -0.2) is 0 Å². The predicted molar refractivity (Wildman–Crippen MR) is 114 cm³/mol. The fourth-order valence-electron chi connectivity index (χ4n) is 2.27. The monoisotopic (exact) mass is 608 g/mol. The van der Waals surface area contributed by atoms with Crippen LogP contribution < -0.4 is 0 Å². The maximum atomic E-state index is 11.3. The Bertz CT molecular complexity index is 1050. The molecule has 26 heavy (non-hydrogen) atoms. The van der Waals surface area contributed by atoms with Crippen molar-refractivity contribution in [3.63, 3.8) is 0 Å². The van der Waals surface area contributed by atoms with Gasteiger partial charge in [0, 0.05) is 0 Å². The van der Waals surface area contributed by atoms with Gasteiger partial charge in [0.15, 0.2) is 0 Å². The molecule has 0 unspecified atom stereocenters. The average molecular weight is 610 g/mol. The second-order valence-electron chi connectivity index (χ2n) is 5.30. The van der Waals surface area contributed by atoms with Crippen LogP contribution in [0.3, 0.4) is 0 Å².